The third-order valence-corrected chi connectivity index (χ3v) is 11.1. The zero-order chi connectivity index (χ0) is 50.7. The van der Waals surface area contributed by atoms with Crippen molar-refractivity contribution in [2.24, 2.45) is 5.11 Å². The zero-order valence-corrected chi connectivity index (χ0v) is 36.7. The van der Waals surface area contributed by atoms with Gasteiger partial charge in [-0.25, -0.2) is 4.79 Å². The van der Waals surface area contributed by atoms with Gasteiger partial charge >= 0.3 is 5.97 Å². The van der Waals surface area contributed by atoms with Crippen LogP contribution in [-0.2, 0) is 42.8 Å². The van der Waals surface area contributed by atoms with E-state index in [1.54, 1.807) is 0 Å². The molecule has 2 aromatic rings. The Bertz CT molecular complexity index is 2200. The van der Waals surface area contributed by atoms with E-state index in [-0.39, 0.29) is 30.0 Å². The van der Waals surface area contributed by atoms with Gasteiger partial charge < -0.3 is 101 Å². The van der Waals surface area contributed by atoms with Crippen LogP contribution in [0.15, 0.2) is 52.5 Å². The molecule has 0 unspecified atom stereocenters. The smallest absolute Gasteiger partial charge is 0.364 e. The summed E-state index contributed by atoms with van der Waals surface area (Å²) in [6.45, 7) is -1.02. The molecule has 3 aliphatic heterocycles. The van der Waals surface area contributed by atoms with Gasteiger partial charge in [0.25, 0.3) is 17.6 Å². The first-order valence-corrected chi connectivity index (χ1v) is 21.1. The fraction of sp³-hybridized carbons (Fsp3) is 0.600. The van der Waals surface area contributed by atoms with Gasteiger partial charge in [-0.15, -0.1) is 0 Å². The molecule has 29 nitrogen and oxygen atoms in total. The van der Waals surface area contributed by atoms with Crippen LogP contribution in [0.1, 0.15) is 41.0 Å². The number of aliphatic hydroxyl groups excluding tert-OH is 8. The molecule has 16 atom stereocenters. The van der Waals surface area contributed by atoms with E-state index in [0.717, 1.165) is 19.9 Å². The highest BCUT2D eigenvalue weighted by Crippen LogP contribution is 2.38. The second-order valence-corrected chi connectivity index (χ2v) is 16.0. The average Bonchev–Trinajstić information content (AvgIpc) is 3.31. The van der Waals surface area contributed by atoms with Gasteiger partial charge in [0.15, 0.2) is 12.6 Å². The van der Waals surface area contributed by atoms with Gasteiger partial charge in [0.1, 0.15) is 61.0 Å². The zero-order valence-electron chi connectivity index (χ0n) is 36.7. The summed E-state index contributed by atoms with van der Waals surface area (Å²) in [6, 6.07) is 4.73. The molecule has 0 spiro atoms. The number of nitrogens with zero attached hydrogens (tertiary/aromatic N) is 3. The van der Waals surface area contributed by atoms with Gasteiger partial charge in [0.05, 0.1) is 43.6 Å². The van der Waals surface area contributed by atoms with Crippen LogP contribution in [0.3, 0.4) is 0 Å². The normalized spacial score (nSPS) is 32.1. The summed E-state index contributed by atoms with van der Waals surface area (Å²) in [5.74, 6) is -8.07. The van der Waals surface area contributed by atoms with Crippen molar-refractivity contribution in [3.63, 3.8) is 0 Å². The van der Waals surface area contributed by atoms with Crippen LogP contribution in [-0.4, -0.2) is 211 Å². The number of aliphatic hydroxyl groups is 8. The number of pyridine rings is 1. The first-order valence-electron chi connectivity index (χ1n) is 21.1. The molecule has 0 radical (unpaired) electrons. The predicted molar refractivity (Wildman–Crippen MR) is 226 cm³/mol. The molecule has 0 aliphatic carbocycles. The molecular formula is C40H54N8O21. The Labute approximate surface area is 389 Å². The number of azide groups is 1. The summed E-state index contributed by atoms with van der Waals surface area (Å²) < 4.78 is 34.2. The van der Waals surface area contributed by atoms with E-state index < -0.39 is 159 Å². The number of ether oxygens (including phenoxy) is 6. The summed E-state index contributed by atoms with van der Waals surface area (Å²) in [5.41, 5.74) is 8.58. The van der Waals surface area contributed by atoms with Crippen molar-refractivity contribution in [3.05, 3.63) is 74.5 Å². The molecule has 29 heteroatoms. The Morgan fingerprint density at radius 3 is 2.10 bits per heavy atom. The highest BCUT2D eigenvalue weighted by molar-refractivity contribution is 6.04. The maximum atomic E-state index is 13.1. The number of carboxylic acid groups (broad SMARTS) is 1. The number of anilines is 1. The Kier molecular flexibility index (Phi) is 19.0. The number of H-pyrrole nitrogens is 1. The van der Waals surface area contributed by atoms with Crippen LogP contribution in [0.25, 0.3) is 10.4 Å². The molecule has 0 bridgehead atoms. The van der Waals surface area contributed by atoms with Crippen LogP contribution >= 0.6 is 0 Å². The number of hydrogen-bond acceptors (Lipinski definition) is 21. The number of aliphatic carboxylic acids is 1. The number of nitrogens with one attached hydrogen (secondary N) is 5. The third-order valence-electron chi connectivity index (χ3n) is 11.1. The fourth-order valence-electron chi connectivity index (χ4n) is 7.72. The molecule has 3 fully saturated rings. The van der Waals surface area contributed by atoms with Gasteiger partial charge in [-0.1, -0.05) is 5.11 Å². The largest absolute Gasteiger partial charge is 0.477 e. The highest BCUT2D eigenvalue weighted by atomic mass is 16.8. The van der Waals surface area contributed by atoms with E-state index in [1.165, 1.54) is 36.5 Å². The molecule has 4 heterocycles. The second kappa shape index (κ2) is 24.2. The summed E-state index contributed by atoms with van der Waals surface area (Å²) in [6.07, 6.45) is -25.2. The predicted octanol–water partition coefficient (Wildman–Crippen LogP) is -5.37. The quantitative estimate of drug-likeness (QED) is 0.0255. The topological polar surface area (TPSA) is 453 Å². The molecule has 69 heavy (non-hydrogen) atoms. The van der Waals surface area contributed by atoms with Gasteiger partial charge in [-0.2, -0.15) is 0 Å². The van der Waals surface area contributed by atoms with Crippen molar-refractivity contribution in [2.75, 3.05) is 38.2 Å². The van der Waals surface area contributed by atoms with E-state index in [4.69, 9.17) is 34.0 Å². The highest BCUT2D eigenvalue weighted by Gasteiger charge is 2.60. The van der Waals surface area contributed by atoms with Gasteiger partial charge in [0.2, 0.25) is 17.4 Å². The van der Waals surface area contributed by atoms with Crippen molar-refractivity contribution in [2.45, 2.75) is 118 Å². The van der Waals surface area contributed by atoms with Crippen molar-refractivity contribution in [1.82, 2.24) is 20.9 Å². The lowest BCUT2D eigenvalue weighted by Crippen LogP contribution is -2.71. The maximum Gasteiger partial charge on any atom is 0.364 e. The molecule has 3 saturated heterocycles. The van der Waals surface area contributed by atoms with E-state index >= 15 is 0 Å². The van der Waals surface area contributed by atoms with E-state index in [0.29, 0.717) is 0 Å². The summed E-state index contributed by atoms with van der Waals surface area (Å²) in [5, 5.41) is 112. The van der Waals surface area contributed by atoms with Crippen molar-refractivity contribution >= 4 is 35.3 Å². The minimum absolute atomic E-state index is 0.0107. The van der Waals surface area contributed by atoms with E-state index in [9.17, 15) is 74.7 Å². The van der Waals surface area contributed by atoms with Crippen molar-refractivity contribution in [3.8, 4) is 0 Å². The summed E-state index contributed by atoms with van der Waals surface area (Å²) in [7, 11) is 0. The van der Waals surface area contributed by atoms with Crippen molar-refractivity contribution < 1.29 is 98.4 Å². The maximum absolute atomic E-state index is 13.1. The van der Waals surface area contributed by atoms with Crippen molar-refractivity contribution in [1.29, 1.82) is 0 Å². The Morgan fingerprint density at radius 2 is 1.51 bits per heavy atom. The average molecular weight is 983 g/mol. The van der Waals surface area contributed by atoms with E-state index in [2.05, 4.69) is 36.3 Å². The number of carbonyl (C=O) groups excluding carboxylic acids is 4. The van der Waals surface area contributed by atoms with Gasteiger partial charge in [0, 0.05) is 61.8 Å². The van der Waals surface area contributed by atoms with Crippen LogP contribution < -0.4 is 26.8 Å². The molecule has 1 aromatic heterocycles. The Morgan fingerprint density at radius 1 is 0.870 bits per heavy atom. The molecule has 3 aliphatic rings. The minimum atomic E-state index is -3.16. The Hall–Kier alpha value is -5.73. The molecule has 0 saturated carbocycles. The SMILES string of the molecule is CC(=O)N[C@H]1[C@H](OCCN=[N+]=[N-])O[C@H](CO)[C@@H](O[C@@H]2O[C@H](CO)[C@H](O)[C@H](O[C@]3(C(=O)O)C[C@H](O)[C@@H](NC(C)=O)[C@H]([C@H](O)[C@H](O)CNC(=O)c4ccc(NC(=O)c5ccc(=O)[nH]c5)cc4)O3)[C@H]2O)[C@@H]1O. The fourth-order valence-corrected chi connectivity index (χ4v) is 7.72. The van der Waals surface area contributed by atoms with Crippen LogP contribution in [0, 0.1) is 0 Å². The Balaban J connectivity index is 1.32. The lowest BCUT2D eigenvalue weighted by Gasteiger charge is -2.51. The van der Waals surface area contributed by atoms with Gasteiger partial charge in [-0.05, 0) is 35.9 Å². The second-order valence-electron chi connectivity index (χ2n) is 16.0. The lowest BCUT2D eigenvalue weighted by atomic mass is 9.88. The third kappa shape index (κ3) is 13.3. The number of rotatable bonds is 20. The number of aromatic amines is 1. The molecular weight excluding hydrogens is 928 g/mol. The van der Waals surface area contributed by atoms with Crippen LogP contribution in [0.5, 0.6) is 0 Å². The van der Waals surface area contributed by atoms with Crippen LogP contribution in [0.4, 0.5) is 5.69 Å². The number of carboxylic acids is 1. The molecule has 1 aromatic carbocycles. The van der Waals surface area contributed by atoms with Crippen LogP contribution in [0.2, 0.25) is 0 Å². The summed E-state index contributed by atoms with van der Waals surface area (Å²) >= 11 is 0. The number of benzene rings is 1. The number of amides is 4. The number of aromatic nitrogens is 1. The first kappa shape index (κ1) is 54.2. The minimum Gasteiger partial charge on any atom is -0.477 e. The van der Waals surface area contributed by atoms with Gasteiger partial charge in [-0.3, -0.25) is 24.0 Å². The lowest BCUT2D eigenvalue weighted by molar-refractivity contribution is -0.382. The standard InChI is InChI=1S/C40H54N8O21/c1-16(51)45-26-21(53)11-40(39(62)63,68-33(26)28(56)22(54)13-43-35(60)18-3-6-20(7-4-18)47-36(61)19-5-8-25(55)42-12-19)69-34-29(57)23(14-49)65-38(31(34)59)67-32-24(15-50)66-37(64-10-9-44-48-41)27(30(32)58)46-17(2)52/h3-8,12,21-24,26-34,37-38,49-50,53-54,56-59H,9-11,13-15H2,1-2H3,(H,42,55)(H,43,60)(H,45,51)(H,46,52)(H,47,61)(H,62,63)/t21-,22+,23+,24+,26+,27+,28+,29-,30+,31+,32+,33+,34-,37+,38-,40-/m0/s1. The van der Waals surface area contributed by atoms with E-state index in [1.807, 2.05) is 0 Å². The number of hydrogen-bond donors (Lipinski definition) is 14. The first-order chi connectivity index (χ1) is 32.7. The summed E-state index contributed by atoms with van der Waals surface area (Å²) in [4.78, 5) is 79.3. The molecule has 5 rings (SSSR count). The monoisotopic (exact) mass is 982 g/mol. The molecule has 14 N–H and O–H groups in total. The molecule has 4 amide bonds. The molecule has 380 valence electrons. The number of carbonyl (C=O) groups is 5.